The van der Waals surface area contributed by atoms with Gasteiger partial charge in [0.1, 0.15) is 0 Å². The molecular weight excluding hydrogens is 256 g/mol. The molecule has 21 heavy (non-hydrogen) atoms. The summed E-state index contributed by atoms with van der Waals surface area (Å²) >= 11 is 0. The zero-order valence-electron chi connectivity index (χ0n) is 14.2. The Morgan fingerprint density at radius 3 is 2.38 bits per heavy atom. The van der Waals surface area contributed by atoms with Gasteiger partial charge in [0, 0.05) is 31.2 Å². The Morgan fingerprint density at radius 1 is 1.14 bits per heavy atom. The van der Waals surface area contributed by atoms with Crippen molar-refractivity contribution in [3.05, 3.63) is 35.9 Å². The summed E-state index contributed by atoms with van der Waals surface area (Å²) in [7, 11) is 0. The van der Waals surface area contributed by atoms with Crippen molar-refractivity contribution in [3.63, 3.8) is 0 Å². The largest absolute Gasteiger partial charge is 0.311 e. The van der Waals surface area contributed by atoms with E-state index in [1.165, 1.54) is 31.4 Å². The third-order valence-corrected chi connectivity index (χ3v) is 5.36. The molecule has 0 radical (unpaired) electrons. The van der Waals surface area contributed by atoms with Crippen LogP contribution in [0.15, 0.2) is 30.3 Å². The van der Waals surface area contributed by atoms with Gasteiger partial charge >= 0.3 is 0 Å². The Bertz CT molecular complexity index is 399. The number of hydrogen-bond donors (Lipinski definition) is 1. The fourth-order valence-electron chi connectivity index (χ4n) is 3.79. The maximum atomic E-state index is 3.74. The fraction of sp³-hybridized carbons (Fsp3) is 0.684. The quantitative estimate of drug-likeness (QED) is 0.842. The molecule has 0 aromatic heterocycles. The molecule has 0 saturated carbocycles. The van der Waals surface area contributed by atoms with Gasteiger partial charge in [-0.05, 0) is 24.8 Å². The van der Waals surface area contributed by atoms with E-state index in [0.29, 0.717) is 18.1 Å². The number of rotatable bonds is 6. The first-order valence-corrected chi connectivity index (χ1v) is 8.75. The molecule has 1 heterocycles. The summed E-state index contributed by atoms with van der Waals surface area (Å²) in [5.41, 5.74) is 1.46. The van der Waals surface area contributed by atoms with Crippen LogP contribution >= 0.6 is 0 Å². The minimum atomic E-state index is 0.518. The summed E-state index contributed by atoms with van der Waals surface area (Å²) < 4.78 is 0. The number of nitrogens with zero attached hydrogens (tertiary/aromatic N) is 1. The molecule has 0 bridgehead atoms. The molecule has 118 valence electrons. The molecule has 1 fully saturated rings. The lowest BCUT2D eigenvalue weighted by Gasteiger charge is -2.46. The second-order valence-corrected chi connectivity index (χ2v) is 6.45. The van der Waals surface area contributed by atoms with Gasteiger partial charge in [-0.15, -0.1) is 0 Å². The third kappa shape index (κ3) is 3.87. The number of nitrogens with one attached hydrogen (secondary N) is 1. The molecule has 1 aliphatic heterocycles. The van der Waals surface area contributed by atoms with Crippen LogP contribution < -0.4 is 5.32 Å². The van der Waals surface area contributed by atoms with E-state index in [1.54, 1.807) is 0 Å². The first-order chi connectivity index (χ1) is 10.2. The lowest BCUT2D eigenvalue weighted by Crippen LogP contribution is -2.56. The molecule has 2 heteroatoms. The first-order valence-electron chi connectivity index (χ1n) is 8.75. The number of benzene rings is 1. The van der Waals surface area contributed by atoms with Crippen molar-refractivity contribution in [2.75, 3.05) is 13.1 Å². The highest BCUT2D eigenvalue weighted by molar-refractivity contribution is 5.20. The van der Waals surface area contributed by atoms with E-state index >= 15 is 0 Å². The van der Waals surface area contributed by atoms with E-state index in [-0.39, 0.29) is 0 Å². The van der Waals surface area contributed by atoms with Crippen LogP contribution in [0.2, 0.25) is 0 Å². The lowest BCUT2D eigenvalue weighted by atomic mass is 9.90. The van der Waals surface area contributed by atoms with Crippen molar-refractivity contribution in [1.29, 1.82) is 0 Å². The fourth-order valence-corrected chi connectivity index (χ4v) is 3.79. The monoisotopic (exact) mass is 288 g/mol. The van der Waals surface area contributed by atoms with Crippen LogP contribution in [0.5, 0.6) is 0 Å². The number of hydrogen-bond acceptors (Lipinski definition) is 2. The lowest BCUT2D eigenvalue weighted by molar-refractivity contribution is 0.0555. The van der Waals surface area contributed by atoms with E-state index in [2.05, 4.69) is 68.2 Å². The maximum Gasteiger partial charge on any atom is 0.0476 e. The molecule has 0 aliphatic carbocycles. The van der Waals surface area contributed by atoms with E-state index in [0.717, 1.165) is 12.5 Å². The van der Waals surface area contributed by atoms with Gasteiger partial charge < -0.3 is 5.32 Å². The molecule has 3 atom stereocenters. The smallest absolute Gasteiger partial charge is 0.0476 e. The van der Waals surface area contributed by atoms with Crippen LogP contribution in [-0.2, 0) is 0 Å². The molecule has 1 aromatic rings. The summed E-state index contributed by atoms with van der Waals surface area (Å²) in [6, 6.07) is 12.8. The summed E-state index contributed by atoms with van der Waals surface area (Å²) in [5, 5.41) is 3.74. The van der Waals surface area contributed by atoms with E-state index in [1.807, 2.05) is 0 Å². The summed E-state index contributed by atoms with van der Waals surface area (Å²) in [6.45, 7) is 11.6. The molecule has 1 N–H and O–H groups in total. The van der Waals surface area contributed by atoms with Crippen molar-refractivity contribution in [2.45, 2.75) is 65.1 Å². The van der Waals surface area contributed by atoms with Gasteiger partial charge in [0.2, 0.25) is 0 Å². The minimum absolute atomic E-state index is 0.518. The third-order valence-electron chi connectivity index (χ3n) is 5.36. The summed E-state index contributed by atoms with van der Waals surface area (Å²) in [6.07, 6.45) is 3.77. The van der Waals surface area contributed by atoms with Crippen LogP contribution in [0.1, 0.15) is 58.6 Å². The van der Waals surface area contributed by atoms with Crippen molar-refractivity contribution >= 4 is 0 Å². The second-order valence-electron chi connectivity index (χ2n) is 6.45. The predicted octanol–water partition coefficient (Wildman–Crippen LogP) is 4.24. The zero-order chi connectivity index (χ0) is 15.2. The average molecular weight is 288 g/mol. The highest BCUT2D eigenvalue weighted by atomic mass is 15.3. The van der Waals surface area contributed by atoms with E-state index in [4.69, 9.17) is 0 Å². The molecular formula is C19H32N2. The van der Waals surface area contributed by atoms with Crippen LogP contribution in [0, 0.1) is 5.92 Å². The van der Waals surface area contributed by atoms with Crippen LogP contribution in [0.4, 0.5) is 0 Å². The molecule has 3 unspecified atom stereocenters. The average Bonchev–Trinajstić information content (AvgIpc) is 2.56. The summed E-state index contributed by atoms with van der Waals surface area (Å²) in [5.74, 6) is 0.798. The Morgan fingerprint density at radius 2 is 1.81 bits per heavy atom. The predicted molar refractivity (Wildman–Crippen MR) is 91.5 cm³/mol. The van der Waals surface area contributed by atoms with Crippen molar-refractivity contribution in [2.24, 2.45) is 5.92 Å². The van der Waals surface area contributed by atoms with Crippen molar-refractivity contribution in [3.8, 4) is 0 Å². The highest BCUT2D eigenvalue weighted by Gasteiger charge is 2.33. The highest BCUT2D eigenvalue weighted by Crippen LogP contribution is 2.30. The van der Waals surface area contributed by atoms with Crippen molar-refractivity contribution < 1.29 is 0 Å². The molecule has 1 saturated heterocycles. The molecule has 0 amide bonds. The molecule has 0 spiro atoms. The van der Waals surface area contributed by atoms with Crippen LogP contribution in [0.25, 0.3) is 0 Å². The Labute approximate surface area is 130 Å². The zero-order valence-corrected chi connectivity index (χ0v) is 14.2. The van der Waals surface area contributed by atoms with Gasteiger partial charge in [0.05, 0.1) is 0 Å². The Hall–Kier alpha value is -0.860. The van der Waals surface area contributed by atoms with Crippen LogP contribution in [-0.4, -0.2) is 30.1 Å². The Balaban J connectivity index is 2.21. The van der Waals surface area contributed by atoms with Gasteiger partial charge in [-0.3, -0.25) is 4.90 Å². The molecule has 1 aromatic carbocycles. The van der Waals surface area contributed by atoms with Crippen molar-refractivity contribution in [1.82, 2.24) is 10.2 Å². The molecule has 2 nitrogen and oxygen atoms in total. The normalized spacial score (nSPS) is 25.2. The first kappa shape index (κ1) is 16.5. The topological polar surface area (TPSA) is 15.3 Å². The van der Waals surface area contributed by atoms with Gasteiger partial charge in [-0.1, -0.05) is 63.9 Å². The minimum Gasteiger partial charge on any atom is -0.311 e. The standard InChI is InChI=1S/C19H32N2/c1-5-16(6-2)15(4)21-14-18(7-3)20-13-19(21)17-11-9-8-10-12-17/h8-12,15-16,18-20H,5-7,13-14H2,1-4H3. The molecule has 1 aliphatic rings. The van der Waals surface area contributed by atoms with E-state index < -0.39 is 0 Å². The number of piperazine rings is 1. The maximum absolute atomic E-state index is 3.74. The van der Waals surface area contributed by atoms with Gasteiger partial charge in [0.15, 0.2) is 0 Å². The SMILES string of the molecule is CCC1CN(C(C)C(CC)CC)C(c2ccccc2)CN1. The van der Waals surface area contributed by atoms with Gasteiger partial charge in [0.25, 0.3) is 0 Å². The Kier molecular flexibility index (Phi) is 6.25. The van der Waals surface area contributed by atoms with E-state index in [9.17, 15) is 0 Å². The van der Waals surface area contributed by atoms with Gasteiger partial charge in [-0.25, -0.2) is 0 Å². The van der Waals surface area contributed by atoms with Crippen LogP contribution in [0.3, 0.4) is 0 Å². The summed E-state index contributed by atoms with van der Waals surface area (Å²) in [4.78, 5) is 2.76. The van der Waals surface area contributed by atoms with Gasteiger partial charge in [-0.2, -0.15) is 0 Å². The molecule has 2 rings (SSSR count). The second kappa shape index (κ2) is 7.95.